The number of carbonyl (C=O) groups is 2. The van der Waals surface area contributed by atoms with Gasteiger partial charge in [0, 0.05) is 10.9 Å². The third-order valence-electron chi connectivity index (χ3n) is 4.02. The van der Waals surface area contributed by atoms with Gasteiger partial charge in [-0.15, -0.1) is 0 Å². The minimum Gasteiger partial charge on any atom is -0.480 e. The summed E-state index contributed by atoms with van der Waals surface area (Å²) < 4.78 is 0. The lowest BCUT2D eigenvalue weighted by Gasteiger charge is -2.15. The first-order valence-electron chi connectivity index (χ1n) is 7.58. The van der Waals surface area contributed by atoms with Gasteiger partial charge in [0.1, 0.15) is 6.04 Å². The van der Waals surface area contributed by atoms with E-state index in [-0.39, 0.29) is 5.91 Å². The van der Waals surface area contributed by atoms with Crippen molar-refractivity contribution in [3.8, 4) is 11.3 Å². The summed E-state index contributed by atoms with van der Waals surface area (Å²) in [6, 6.07) is 4.65. The van der Waals surface area contributed by atoms with Crippen molar-refractivity contribution in [2.75, 3.05) is 0 Å². The van der Waals surface area contributed by atoms with Crippen molar-refractivity contribution in [2.24, 2.45) is 5.92 Å². The normalized spacial score (nSPS) is 15.2. The summed E-state index contributed by atoms with van der Waals surface area (Å²) in [7, 11) is 0. The first-order valence-corrected chi connectivity index (χ1v) is 8.52. The molecule has 120 valence electrons. The number of hydrogen-bond donors (Lipinski definition) is 2. The molecule has 2 heterocycles. The average molecular weight is 330 g/mol. The summed E-state index contributed by atoms with van der Waals surface area (Å²) in [6.45, 7) is 1.77. The molecular formula is C17H18N2O3S. The molecule has 1 amide bonds. The maximum absolute atomic E-state index is 12.4. The van der Waals surface area contributed by atoms with Crippen LogP contribution in [0.4, 0.5) is 0 Å². The first-order chi connectivity index (χ1) is 11.0. The monoisotopic (exact) mass is 330 g/mol. The first kappa shape index (κ1) is 15.7. The van der Waals surface area contributed by atoms with Crippen molar-refractivity contribution in [1.82, 2.24) is 10.3 Å². The molecular weight excluding hydrogens is 312 g/mol. The van der Waals surface area contributed by atoms with Crippen molar-refractivity contribution in [1.29, 1.82) is 0 Å². The Morgan fingerprint density at radius 1 is 1.39 bits per heavy atom. The van der Waals surface area contributed by atoms with Crippen LogP contribution in [0.3, 0.4) is 0 Å². The van der Waals surface area contributed by atoms with E-state index >= 15 is 0 Å². The predicted molar refractivity (Wildman–Crippen MR) is 88.5 cm³/mol. The molecule has 5 nitrogen and oxygen atoms in total. The minimum absolute atomic E-state index is 0.375. The largest absolute Gasteiger partial charge is 0.480 e. The molecule has 2 aromatic heterocycles. The van der Waals surface area contributed by atoms with E-state index in [0.717, 1.165) is 24.1 Å². The van der Waals surface area contributed by atoms with Gasteiger partial charge in [-0.25, -0.2) is 4.79 Å². The van der Waals surface area contributed by atoms with Crippen molar-refractivity contribution >= 4 is 23.2 Å². The Morgan fingerprint density at radius 3 is 2.74 bits per heavy atom. The molecule has 0 aliphatic heterocycles. The quantitative estimate of drug-likeness (QED) is 0.853. The van der Waals surface area contributed by atoms with Gasteiger partial charge >= 0.3 is 5.97 Å². The van der Waals surface area contributed by atoms with Crippen LogP contribution < -0.4 is 5.32 Å². The Labute approximate surface area is 138 Å². The molecule has 0 aromatic carbocycles. The van der Waals surface area contributed by atoms with Crippen molar-refractivity contribution in [3.63, 3.8) is 0 Å². The Balaban J connectivity index is 1.74. The van der Waals surface area contributed by atoms with E-state index in [4.69, 9.17) is 0 Å². The molecule has 1 atom stereocenters. The van der Waals surface area contributed by atoms with Gasteiger partial charge in [0.25, 0.3) is 5.91 Å². The Hall–Kier alpha value is -2.21. The van der Waals surface area contributed by atoms with Crippen LogP contribution >= 0.6 is 11.3 Å². The number of aryl methyl sites for hydroxylation is 1. The molecule has 0 bridgehead atoms. The second-order valence-corrected chi connectivity index (χ2v) is 6.66. The van der Waals surface area contributed by atoms with Gasteiger partial charge in [-0.1, -0.05) is 12.8 Å². The molecule has 1 aliphatic rings. The summed E-state index contributed by atoms with van der Waals surface area (Å²) in [4.78, 5) is 28.1. The predicted octanol–water partition coefficient (Wildman–Crippen LogP) is 3.10. The Morgan fingerprint density at radius 2 is 2.17 bits per heavy atom. The maximum atomic E-state index is 12.4. The second-order valence-electron chi connectivity index (χ2n) is 5.88. The van der Waals surface area contributed by atoms with Crippen LogP contribution in [0, 0.1) is 12.8 Å². The number of aromatic nitrogens is 1. The standard InChI is InChI=1S/C17H18N2O3S/c1-10-13(4-5-14(18-10)12-6-7-23-9-12)16(20)19-15(17(21)22)8-11-2-3-11/h4-7,9,11,15H,2-3,8H2,1H3,(H,19,20)(H,21,22). The lowest BCUT2D eigenvalue weighted by molar-refractivity contribution is -0.139. The highest BCUT2D eigenvalue weighted by molar-refractivity contribution is 7.08. The third-order valence-corrected chi connectivity index (χ3v) is 4.70. The molecule has 1 fully saturated rings. The lowest BCUT2D eigenvalue weighted by atomic mass is 10.1. The fourth-order valence-electron chi connectivity index (χ4n) is 2.52. The van der Waals surface area contributed by atoms with Crippen molar-refractivity contribution < 1.29 is 14.7 Å². The number of thiophene rings is 1. The highest BCUT2D eigenvalue weighted by Crippen LogP contribution is 2.33. The summed E-state index contributed by atoms with van der Waals surface area (Å²) in [6.07, 6.45) is 2.60. The number of amides is 1. The zero-order valence-corrected chi connectivity index (χ0v) is 13.6. The molecule has 2 N–H and O–H groups in total. The van der Waals surface area contributed by atoms with Crippen LogP contribution in [-0.2, 0) is 4.79 Å². The fourth-order valence-corrected chi connectivity index (χ4v) is 3.17. The van der Waals surface area contributed by atoms with Crippen LogP contribution in [0.1, 0.15) is 35.3 Å². The lowest BCUT2D eigenvalue weighted by Crippen LogP contribution is -2.41. The third kappa shape index (κ3) is 3.76. The Bertz CT molecular complexity index is 723. The minimum atomic E-state index is -0.981. The van der Waals surface area contributed by atoms with Gasteiger partial charge in [-0.3, -0.25) is 9.78 Å². The van der Waals surface area contributed by atoms with Crippen molar-refractivity contribution in [2.45, 2.75) is 32.2 Å². The van der Waals surface area contributed by atoms with Gasteiger partial charge in [-0.05, 0) is 42.8 Å². The topological polar surface area (TPSA) is 79.3 Å². The number of pyridine rings is 1. The van der Waals surface area contributed by atoms with Gasteiger partial charge in [0.15, 0.2) is 0 Å². The molecule has 1 saturated carbocycles. The zero-order valence-electron chi connectivity index (χ0n) is 12.8. The summed E-state index contributed by atoms with van der Waals surface area (Å²) in [5, 5.41) is 15.8. The number of carbonyl (C=O) groups excluding carboxylic acids is 1. The van der Waals surface area contributed by atoms with Gasteiger partial charge in [0.2, 0.25) is 0 Å². The maximum Gasteiger partial charge on any atom is 0.326 e. The number of nitrogens with one attached hydrogen (secondary N) is 1. The highest BCUT2D eigenvalue weighted by Gasteiger charge is 2.30. The summed E-state index contributed by atoms with van der Waals surface area (Å²) >= 11 is 1.59. The fraction of sp³-hybridized carbons (Fsp3) is 0.353. The molecule has 23 heavy (non-hydrogen) atoms. The number of rotatable bonds is 6. The number of hydrogen-bond acceptors (Lipinski definition) is 4. The molecule has 6 heteroatoms. The Kier molecular flexibility index (Phi) is 4.43. The van der Waals surface area contributed by atoms with Crippen LogP contribution in [0.15, 0.2) is 29.0 Å². The van der Waals surface area contributed by atoms with Gasteiger partial charge < -0.3 is 10.4 Å². The summed E-state index contributed by atoms with van der Waals surface area (Å²) in [5.41, 5.74) is 2.85. The molecule has 0 saturated heterocycles. The van der Waals surface area contributed by atoms with E-state index < -0.39 is 12.0 Å². The van der Waals surface area contributed by atoms with E-state index in [1.807, 2.05) is 16.8 Å². The van der Waals surface area contributed by atoms with Gasteiger partial charge in [-0.2, -0.15) is 11.3 Å². The zero-order chi connectivity index (χ0) is 16.4. The molecule has 1 aliphatic carbocycles. The van der Waals surface area contributed by atoms with Crippen LogP contribution in [0.2, 0.25) is 0 Å². The number of nitrogens with zero attached hydrogens (tertiary/aromatic N) is 1. The average Bonchev–Trinajstić information content (AvgIpc) is 3.16. The smallest absolute Gasteiger partial charge is 0.326 e. The number of aliphatic carboxylic acids is 1. The highest BCUT2D eigenvalue weighted by atomic mass is 32.1. The molecule has 0 radical (unpaired) electrons. The second kappa shape index (κ2) is 6.50. The molecule has 3 rings (SSSR count). The van der Waals surface area contributed by atoms with Crippen LogP contribution in [-0.4, -0.2) is 28.0 Å². The molecule has 2 aromatic rings. The summed E-state index contributed by atoms with van der Waals surface area (Å²) in [5.74, 6) is -0.928. The van der Waals surface area contributed by atoms with Crippen molar-refractivity contribution in [3.05, 3.63) is 40.2 Å². The van der Waals surface area contributed by atoms with Gasteiger partial charge in [0.05, 0.1) is 17.0 Å². The molecule has 0 spiro atoms. The molecule has 1 unspecified atom stereocenters. The van der Waals surface area contributed by atoms with Crippen LogP contribution in [0.25, 0.3) is 11.3 Å². The van der Waals surface area contributed by atoms with E-state index in [0.29, 0.717) is 23.6 Å². The number of carboxylic acid groups (broad SMARTS) is 1. The van der Waals surface area contributed by atoms with Crippen LogP contribution in [0.5, 0.6) is 0 Å². The van der Waals surface area contributed by atoms with E-state index in [9.17, 15) is 14.7 Å². The van der Waals surface area contributed by atoms with E-state index in [1.165, 1.54) is 0 Å². The SMILES string of the molecule is Cc1nc(-c2ccsc2)ccc1C(=O)NC(CC1CC1)C(=O)O. The van der Waals surface area contributed by atoms with E-state index in [1.54, 1.807) is 30.4 Å². The van der Waals surface area contributed by atoms with E-state index in [2.05, 4.69) is 10.3 Å². The number of carboxylic acids is 1.